The molecule has 0 radical (unpaired) electrons. The molecule has 1 saturated heterocycles. The highest BCUT2D eigenvalue weighted by Crippen LogP contribution is 2.24. The first-order chi connectivity index (χ1) is 6.84. The largest absolute Gasteiger partial charge is 0.341 e. The average molecular weight is 212 g/mol. The van der Waals surface area contributed by atoms with Crippen molar-refractivity contribution in [2.45, 2.75) is 52.6 Å². The van der Waals surface area contributed by atoms with Gasteiger partial charge in [-0.2, -0.15) is 0 Å². The number of amides is 1. The van der Waals surface area contributed by atoms with E-state index in [1.165, 1.54) is 0 Å². The number of hydrogen-bond donors (Lipinski definition) is 1. The van der Waals surface area contributed by atoms with E-state index in [9.17, 15) is 4.79 Å². The van der Waals surface area contributed by atoms with E-state index in [4.69, 9.17) is 0 Å². The number of carbonyl (C=O) groups excluding carboxylic acids is 1. The van der Waals surface area contributed by atoms with E-state index in [0.717, 1.165) is 19.4 Å². The molecule has 0 aromatic heterocycles. The third-order valence-corrected chi connectivity index (χ3v) is 3.54. The number of hydrogen-bond acceptors (Lipinski definition) is 2. The summed E-state index contributed by atoms with van der Waals surface area (Å²) in [5.41, 5.74) is 0.142. The Kier molecular flexibility index (Phi) is 3.77. The van der Waals surface area contributed by atoms with Gasteiger partial charge in [-0.25, -0.2) is 0 Å². The van der Waals surface area contributed by atoms with Gasteiger partial charge in [0.1, 0.15) is 0 Å². The van der Waals surface area contributed by atoms with Gasteiger partial charge in [-0.15, -0.1) is 0 Å². The number of nitrogens with zero attached hydrogens (tertiary/aromatic N) is 1. The summed E-state index contributed by atoms with van der Waals surface area (Å²) in [6.07, 6.45) is 2.11. The minimum absolute atomic E-state index is 0.0554. The molecule has 0 saturated carbocycles. The zero-order valence-electron chi connectivity index (χ0n) is 10.6. The molecule has 1 unspecified atom stereocenters. The third-order valence-electron chi connectivity index (χ3n) is 3.54. The molecule has 2 atom stereocenters. The Balaban J connectivity index is 2.59. The number of likely N-dealkylation sites (N-methyl/N-ethyl adjacent to an activating group) is 1. The zero-order chi connectivity index (χ0) is 11.6. The van der Waals surface area contributed by atoms with Crippen LogP contribution < -0.4 is 5.32 Å². The van der Waals surface area contributed by atoms with Crippen LogP contribution >= 0.6 is 0 Å². The molecule has 3 nitrogen and oxygen atoms in total. The summed E-state index contributed by atoms with van der Waals surface area (Å²) in [6, 6.07) is 0.326. The van der Waals surface area contributed by atoms with Gasteiger partial charge in [0.2, 0.25) is 5.91 Å². The fourth-order valence-electron chi connectivity index (χ4n) is 1.91. The van der Waals surface area contributed by atoms with Crippen LogP contribution in [0.2, 0.25) is 0 Å². The van der Waals surface area contributed by atoms with Crippen molar-refractivity contribution in [3.63, 3.8) is 0 Å². The van der Waals surface area contributed by atoms with Crippen molar-refractivity contribution < 1.29 is 4.79 Å². The maximum Gasteiger partial charge on any atom is 0.239 e. The number of carbonyl (C=O) groups is 1. The Labute approximate surface area is 93.2 Å². The molecule has 3 heteroatoms. The summed E-state index contributed by atoms with van der Waals surface area (Å²) in [7, 11) is 1.91. The minimum Gasteiger partial charge on any atom is -0.341 e. The van der Waals surface area contributed by atoms with Crippen LogP contribution in [0.15, 0.2) is 0 Å². The molecule has 0 aromatic rings. The van der Waals surface area contributed by atoms with Crippen molar-refractivity contribution in [3.8, 4) is 0 Å². The summed E-state index contributed by atoms with van der Waals surface area (Å²) in [4.78, 5) is 14.0. The second kappa shape index (κ2) is 4.52. The van der Waals surface area contributed by atoms with E-state index >= 15 is 0 Å². The Bertz CT molecular complexity index is 226. The summed E-state index contributed by atoms with van der Waals surface area (Å²) >= 11 is 0. The molecule has 15 heavy (non-hydrogen) atoms. The monoisotopic (exact) mass is 212 g/mol. The van der Waals surface area contributed by atoms with Crippen molar-refractivity contribution in [2.75, 3.05) is 13.6 Å². The molecule has 1 fully saturated rings. The van der Waals surface area contributed by atoms with Crippen molar-refractivity contribution in [1.29, 1.82) is 0 Å². The molecular formula is C12H24N2O. The van der Waals surface area contributed by atoms with Gasteiger partial charge in [-0.3, -0.25) is 4.79 Å². The van der Waals surface area contributed by atoms with Crippen molar-refractivity contribution in [2.24, 2.45) is 5.41 Å². The van der Waals surface area contributed by atoms with Crippen LogP contribution in [0.1, 0.15) is 40.5 Å². The molecule has 0 aliphatic carbocycles. The fourth-order valence-corrected chi connectivity index (χ4v) is 1.91. The first kappa shape index (κ1) is 12.5. The molecule has 1 aliphatic heterocycles. The maximum absolute atomic E-state index is 12.1. The molecule has 1 aliphatic rings. The molecule has 1 rings (SSSR count). The molecule has 1 amide bonds. The Hall–Kier alpha value is -0.570. The van der Waals surface area contributed by atoms with E-state index in [2.05, 4.69) is 33.0 Å². The van der Waals surface area contributed by atoms with Crippen LogP contribution in [0.5, 0.6) is 0 Å². The van der Waals surface area contributed by atoms with Crippen molar-refractivity contribution >= 4 is 5.91 Å². The molecular weight excluding hydrogens is 188 g/mol. The molecule has 0 spiro atoms. The highest BCUT2D eigenvalue weighted by Gasteiger charge is 2.31. The first-order valence-electron chi connectivity index (χ1n) is 5.84. The Morgan fingerprint density at radius 1 is 1.47 bits per heavy atom. The van der Waals surface area contributed by atoms with Crippen LogP contribution in [0.25, 0.3) is 0 Å². The number of rotatable bonds is 2. The van der Waals surface area contributed by atoms with Gasteiger partial charge in [-0.05, 0) is 31.7 Å². The van der Waals surface area contributed by atoms with Crippen LogP contribution in [0, 0.1) is 5.41 Å². The second-order valence-corrected chi connectivity index (χ2v) is 5.64. The summed E-state index contributed by atoms with van der Waals surface area (Å²) in [5.74, 6) is 0.245. The van der Waals surface area contributed by atoms with E-state index in [1.54, 1.807) is 0 Å². The molecule has 0 aromatic carbocycles. The standard InChI is InChI=1S/C12H24N2O/c1-9(12(2,3)4)14(5)11(15)10-7-6-8-13-10/h9-10,13H,6-8H2,1-5H3/t9?,10-/m0/s1. The lowest BCUT2D eigenvalue weighted by Crippen LogP contribution is -2.49. The third kappa shape index (κ3) is 2.94. The lowest BCUT2D eigenvalue weighted by Gasteiger charge is -2.36. The smallest absolute Gasteiger partial charge is 0.239 e. The Morgan fingerprint density at radius 2 is 2.07 bits per heavy atom. The van der Waals surface area contributed by atoms with E-state index in [0.29, 0.717) is 0 Å². The summed E-state index contributed by atoms with van der Waals surface area (Å²) in [5, 5.41) is 3.25. The number of nitrogens with one attached hydrogen (secondary N) is 1. The fraction of sp³-hybridized carbons (Fsp3) is 0.917. The molecule has 1 heterocycles. The summed E-state index contributed by atoms with van der Waals surface area (Å²) in [6.45, 7) is 9.61. The van der Waals surface area contributed by atoms with E-state index in [1.807, 2.05) is 11.9 Å². The van der Waals surface area contributed by atoms with E-state index in [-0.39, 0.29) is 23.4 Å². The van der Waals surface area contributed by atoms with Gasteiger partial charge in [0.05, 0.1) is 6.04 Å². The minimum atomic E-state index is 0.0554. The zero-order valence-corrected chi connectivity index (χ0v) is 10.6. The van der Waals surface area contributed by atoms with Crippen LogP contribution in [-0.2, 0) is 4.79 Å². The lowest BCUT2D eigenvalue weighted by atomic mass is 9.87. The van der Waals surface area contributed by atoms with E-state index < -0.39 is 0 Å². The van der Waals surface area contributed by atoms with Crippen LogP contribution in [-0.4, -0.2) is 36.5 Å². The van der Waals surface area contributed by atoms with Gasteiger partial charge in [-0.1, -0.05) is 20.8 Å². The van der Waals surface area contributed by atoms with Crippen molar-refractivity contribution in [1.82, 2.24) is 10.2 Å². The van der Waals surface area contributed by atoms with Gasteiger partial charge >= 0.3 is 0 Å². The maximum atomic E-state index is 12.1. The molecule has 0 bridgehead atoms. The summed E-state index contributed by atoms with van der Waals surface area (Å²) < 4.78 is 0. The average Bonchev–Trinajstić information content (AvgIpc) is 2.65. The molecule has 88 valence electrons. The van der Waals surface area contributed by atoms with Gasteiger partial charge < -0.3 is 10.2 Å². The van der Waals surface area contributed by atoms with Crippen LogP contribution in [0.3, 0.4) is 0 Å². The van der Waals surface area contributed by atoms with Crippen molar-refractivity contribution in [3.05, 3.63) is 0 Å². The second-order valence-electron chi connectivity index (χ2n) is 5.64. The highest BCUT2D eigenvalue weighted by molar-refractivity contribution is 5.82. The van der Waals surface area contributed by atoms with Gasteiger partial charge in [0.15, 0.2) is 0 Å². The van der Waals surface area contributed by atoms with Gasteiger partial charge in [0, 0.05) is 13.1 Å². The molecule has 1 N–H and O–H groups in total. The predicted molar refractivity (Wildman–Crippen MR) is 62.7 cm³/mol. The quantitative estimate of drug-likeness (QED) is 0.754. The Morgan fingerprint density at radius 3 is 2.47 bits per heavy atom. The first-order valence-corrected chi connectivity index (χ1v) is 5.84. The topological polar surface area (TPSA) is 32.3 Å². The highest BCUT2D eigenvalue weighted by atomic mass is 16.2. The SMILES string of the molecule is CC(N(C)C(=O)[C@@H]1CCCN1)C(C)(C)C. The van der Waals surface area contributed by atoms with Gasteiger partial charge in [0.25, 0.3) is 0 Å². The normalized spacial score (nSPS) is 23.9. The predicted octanol–water partition coefficient (Wildman–Crippen LogP) is 1.63. The lowest BCUT2D eigenvalue weighted by molar-refractivity contribution is -0.135. The van der Waals surface area contributed by atoms with Crippen LogP contribution in [0.4, 0.5) is 0 Å².